The summed E-state index contributed by atoms with van der Waals surface area (Å²) in [6, 6.07) is 12.6. The van der Waals surface area contributed by atoms with Gasteiger partial charge in [-0.15, -0.1) is 0 Å². The van der Waals surface area contributed by atoms with Gasteiger partial charge in [0.15, 0.2) is 6.10 Å². The van der Waals surface area contributed by atoms with Crippen LogP contribution in [0.3, 0.4) is 0 Å². The number of esters is 2. The number of hydrogen-bond acceptors (Lipinski definition) is 8. The Morgan fingerprint density at radius 3 is 2.06 bits per heavy atom. The number of ether oxygens (including phenoxy) is 3. The van der Waals surface area contributed by atoms with Crippen LogP contribution in [-0.2, 0) is 42.2 Å². The largest absolute Gasteiger partial charge is 0.459 e. The molecule has 34 heavy (non-hydrogen) atoms. The molecule has 0 bridgehead atoms. The van der Waals surface area contributed by atoms with Crippen molar-refractivity contribution in [1.29, 1.82) is 0 Å². The summed E-state index contributed by atoms with van der Waals surface area (Å²) < 4.78 is 41.0. The van der Waals surface area contributed by atoms with Crippen LogP contribution in [0.1, 0.15) is 28.4 Å². The fourth-order valence-corrected chi connectivity index (χ4v) is 3.32. The molecule has 0 aliphatic carbocycles. The molecule has 0 radical (unpaired) electrons. The number of carbonyl (C=O) groups is 2. The van der Waals surface area contributed by atoms with Gasteiger partial charge in [0.2, 0.25) is 3.79 Å². The third kappa shape index (κ3) is 10.5. The molecule has 0 amide bonds. The molecule has 0 aliphatic rings. The molecule has 186 valence electrons. The van der Waals surface area contributed by atoms with Gasteiger partial charge in [-0.25, -0.2) is 9.59 Å². The molecule has 1 unspecified atom stereocenters. The summed E-state index contributed by atoms with van der Waals surface area (Å²) >= 11 is 16.8. The number of hydrogen-bond donors (Lipinski definition) is 0. The minimum atomic E-state index is -3.62. The lowest BCUT2D eigenvalue weighted by atomic mass is 10.1. The lowest BCUT2D eigenvalue weighted by molar-refractivity contribution is -0.156. The molecule has 1 atom stereocenters. The predicted molar refractivity (Wildman–Crippen MR) is 128 cm³/mol. The van der Waals surface area contributed by atoms with Gasteiger partial charge < -0.3 is 18.4 Å². The van der Waals surface area contributed by atoms with Crippen molar-refractivity contribution in [1.82, 2.24) is 0 Å². The van der Waals surface area contributed by atoms with Crippen LogP contribution < -0.4 is 4.18 Å². The van der Waals surface area contributed by atoms with Gasteiger partial charge in [-0.2, -0.15) is 8.42 Å². The molecule has 0 N–H and O–H groups in total. The molecule has 0 saturated carbocycles. The maximum Gasteiger partial charge on any atom is 0.338 e. The van der Waals surface area contributed by atoms with Crippen LogP contribution in [0.2, 0.25) is 0 Å². The molecular weight excluding hydrogens is 531 g/mol. The van der Waals surface area contributed by atoms with E-state index >= 15 is 0 Å². The molecule has 0 spiro atoms. The van der Waals surface area contributed by atoms with Crippen LogP contribution >= 0.6 is 34.8 Å². The molecule has 0 fully saturated rings. The maximum absolute atomic E-state index is 12.3. The minimum Gasteiger partial charge on any atom is -0.459 e. The highest BCUT2D eigenvalue weighted by Gasteiger charge is 2.27. The van der Waals surface area contributed by atoms with E-state index in [-0.39, 0.29) is 25.4 Å². The van der Waals surface area contributed by atoms with Crippen LogP contribution in [0.15, 0.2) is 48.5 Å². The Morgan fingerprint density at radius 1 is 0.941 bits per heavy atom. The summed E-state index contributed by atoms with van der Waals surface area (Å²) in [5, 5.41) is 0. The highest BCUT2D eigenvalue weighted by Crippen LogP contribution is 2.26. The van der Waals surface area contributed by atoms with E-state index in [1.807, 2.05) is 0 Å². The van der Waals surface area contributed by atoms with E-state index in [9.17, 15) is 18.0 Å². The average molecular weight is 554 g/mol. The lowest BCUT2D eigenvalue weighted by Crippen LogP contribution is -2.31. The molecule has 2 aromatic rings. The van der Waals surface area contributed by atoms with E-state index in [1.165, 1.54) is 12.1 Å². The van der Waals surface area contributed by atoms with E-state index in [2.05, 4.69) is 0 Å². The van der Waals surface area contributed by atoms with Crippen LogP contribution in [-0.4, -0.2) is 49.7 Å². The van der Waals surface area contributed by atoms with Crippen LogP contribution in [0.5, 0.6) is 5.75 Å². The van der Waals surface area contributed by atoms with Gasteiger partial charge in [0.25, 0.3) is 0 Å². The summed E-state index contributed by atoms with van der Waals surface area (Å²) in [5.74, 6) is -1.05. The molecule has 2 aromatic carbocycles. The molecular formula is C22H23Cl3O8S. The normalized spacial score (nSPS) is 12.6. The minimum absolute atomic E-state index is 0.0127. The molecule has 0 aromatic heterocycles. The Morgan fingerprint density at radius 2 is 1.53 bits per heavy atom. The number of rotatable bonds is 11. The van der Waals surface area contributed by atoms with Crippen LogP contribution in [0, 0.1) is 0 Å². The van der Waals surface area contributed by atoms with Gasteiger partial charge in [-0.1, -0.05) is 59.1 Å². The zero-order valence-electron chi connectivity index (χ0n) is 18.3. The zero-order valence-corrected chi connectivity index (χ0v) is 21.4. The van der Waals surface area contributed by atoms with Crippen molar-refractivity contribution >= 4 is 56.9 Å². The molecule has 2 rings (SSSR count). The monoisotopic (exact) mass is 552 g/mol. The second-order valence-electron chi connectivity index (χ2n) is 7.08. The smallest absolute Gasteiger partial charge is 0.338 e. The van der Waals surface area contributed by atoms with Crippen molar-refractivity contribution in [2.24, 2.45) is 0 Å². The van der Waals surface area contributed by atoms with Gasteiger partial charge in [0, 0.05) is 13.0 Å². The van der Waals surface area contributed by atoms with E-state index < -0.39 is 38.6 Å². The first-order chi connectivity index (χ1) is 15.9. The van der Waals surface area contributed by atoms with Gasteiger partial charge >= 0.3 is 22.1 Å². The molecule has 0 aliphatic heterocycles. The topological polar surface area (TPSA) is 105 Å². The summed E-state index contributed by atoms with van der Waals surface area (Å²) in [6.07, 6.45) is 0.247. The van der Waals surface area contributed by atoms with E-state index in [0.29, 0.717) is 11.1 Å². The third-order valence-corrected chi connectivity index (χ3v) is 4.98. The second-order valence-corrected chi connectivity index (χ2v) is 11.2. The van der Waals surface area contributed by atoms with Gasteiger partial charge in [0.1, 0.15) is 19.0 Å². The third-order valence-electron chi connectivity index (χ3n) is 4.16. The highest BCUT2D eigenvalue weighted by atomic mass is 35.6. The summed E-state index contributed by atoms with van der Waals surface area (Å²) in [6.45, 7) is 1.60. The predicted octanol–water partition coefficient (Wildman–Crippen LogP) is 4.24. The molecule has 0 saturated heterocycles. The van der Waals surface area contributed by atoms with E-state index in [0.717, 1.165) is 11.8 Å². The van der Waals surface area contributed by atoms with Gasteiger partial charge in [-0.05, 0) is 42.3 Å². The van der Waals surface area contributed by atoms with Crippen molar-refractivity contribution in [2.45, 2.75) is 29.8 Å². The Labute approximate surface area is 213 Å². The van der Waals surface area contributed by atoms with Crippen LogP contribution in [0.4, 0.5) is 0 Å². The maximum atomic E-state index is 12.3. The van der Waals surface area contributed by atoms with Crippen molar-refractivity contribution in [3.05, 3.63) is 65.2 Å². The molecule has 0 heterocycles. The standard InChI is InChI=1S/C22H23Cl3O8S/c1-3-30-19(21(27)32-14-22(23,24)25)12-15-4-8-17(9-5-15)20(26)31-13-16-6-10-18(11-7-16)33-34(2,28)29/h4-11,19H,3,12-14H2,1-2H3. The van der Waals surface area contributed by atoms with E-state index in [4.69, 9.17) is 53.2 Å². The first-order valence-electron chi connectivity index (χ1n) is 9.95. The van der Waals surface area contributed by atoms with Crippen molar-refractivity contribution in [3.8, 4) is 5.75 Å². The number of carbonyl (C=O) groups excluding carboxylic acids is 2. The number of halogens is 3. The fourth-order valence-electron chi connectivity index (χ4n) is 2.70. The SMILES string of the molecule is CCOC(Cc1ccc(C(=O)OCc2ccc(OS(C)(=O)=O)cc2)cc1)C(=O)OCC(Cl)(Cl)Cl. The summed E-state index contributed by atoms with van der Waals surface area (Å²) in [7, 11) is -3.62. The highest BCUT2D eigenvalue weighted by molar-refractivity contribution is 7.86. The zero-order chi connectivity index (χ0) is 25.4. The lowest BCUT2D eigenvalue weighted by Gasteiger charge is -2.18. The summed E-state index contributed by atoms with van der Waals surface area (Å²) in [4.78, 5) is 24.6. The van der Waals surface area contributed by atoms with Gasteiger partial charge in [-0.3, -0.25) is 0 Å². The Hall–Kier alpha value is -2.04. The number of benzene rings is 2. The molecule has 12 heteroatoms. The van der Waals surface area contributed by atoms with Crippen LogP contribution in [0.25, 0.3) is 0 Å². The summed E-state index contributed by atoms with van der Waals surface area (Å²) in [5.41, 5.74) is 1.69. The van der Waals surface area contributed by atoms with Gasteiger partial charge in [0.05, 0.1) is 11.8 Å². The second kappa shape index (κ2) is 12.6. The molecule has 8 nitrogen and oxygen atoms in total. The van der Waals surface area contributed by atoms with Crippen molar-refractivity contribution in [3.63, 3.8) is 0 Å². The number of alkyl halides is 3. The van der Waals surface area contributed by atoms with Crippen molar-refractivity contribution in [2.75, 3.05) is 19.5 Å². The Balaban J connectivity index is 1.92. The Kier molecular flexibility index (Phi) is 10.5. The fraction of sp³-hybridized carbons (Fsp3) is 0.364. The first-order valence-corrected chi connectivity index (χ1v) is 12.9. The average Bonchev–Trinajstić information content (AvgIpc) is 2.75. The van der Waals surface area contributed by atoms with E-state index in [1.54, 1.807) is 43.3 Å². The van der Waals surface area contributed by atoms with Crippen molar-refractivity contribution < 1.29 is 36.4 Å². The first kappa shape index (κ1) is 28.2. The quantitative estimate of drug-likeness (QED) is 0.231. The Bertz CT molecular complexity index is 1060.